The van der Waals surface area contributed by atoms with E-state index in [2.05, 4.69) is 20.8 Å². The number of likely N-dealkylation sites (tertiary alicyclic amines) is 1. The Morgan fingerprint density at radius 1 is 1.23 bits per heavy atom. The maximum absolute atomic E-state index is 14.7. The van der Waals surface area contributed by atoms with Gasteiger partial charge in [0.1, 0.15) is 12.7 Å². The summed E-state index contributed by atoms with van der Waals surface area (Å²) in [6.45, 7) is 4.08. The zero-order valence-corrected chi connectivity index (χ0v) is 24.4. The minimum Gasteiger partial charge on any atom is -0.382 e. The van der Waals surface area contributed by atoms with E-state index in [0.717, 1.165) is 4.57 Å². The smallest absolute Gasteiger partial charge is 0.382 e. The molecule has 0 radical (unpaired) electrons. The van der Waals surface area contributed by atoms with Gasteiger partial charge in [-0.3, -0.25) is 4.79 Å². The van der Waals surface area contributed by atoms with Gasteiger partial charge in [-0.25, -0.2) is 4.39 Å². The van der Waals surface area contributed by atoms with Crippen LogP contribution in [0.2, 0.25) is 0 Å². The molecule has 1 aromatic carbocycles. The van der Waals surface area contributed by atoms with Gasteiger partial charge in [-0.15, -0.1) is 0 Å². The Balaban J connectivity index is 1.38. The van der Waals surface area contributed by atoms with Crippen LogP contribution in [0.15, 0.2) is 47.2 Å². The second kappa shape index (κ2) is 12.0. The highest BCUT2D eigenvalue weighted by Crippen LogP contribution is 2.35. The number of likely N-dealkylation sites (N-methyl/N-ethyl adjacent to an activating group) is 1. The molecule has 2 N–H and O–H groups in total. The van der Waals surface area contributed by atoms with E-state index in [1.807, 2.05) is 30.4 Å². The van der Waals surface area contributed by atoms with Crippen molar-refractivity contribution >= 4 is 22.5 Å². The van der Waals surface area contributed by atoms with Crippen molar-refractivity contribution in [3.63, 3.8) is 0 Å². The quantitative estimate of drug-likeness (QED) is 0.250. The fraction of sp³-hybridized carbons (Fsp3) is 0.483. The van der Waals surface area contributed by atoms with Gasteiger partial charge in [0.2, 0.25) is 11.7 Å². The summed E-state index contributed by atoms with van der Waals surface area (Å²) in [6.07, 6.45) is -1.78. The first-order valence-electron chi connectivity index (χ1n) is 13.9. The van der Waals surface area contributed by atoms with Gasteiger partial charge >= 0.3 is 6.18 Å². The molecule has 5 rings (SSSR count). The van der Waals surface area contributed by atoms with Crippen molar-refractivity contribution in [2.75, 3.05) is 39.2 Å². The number of piperidine rings is 1. The predicted molar refractivity (Wildman–Crippen MR) is 153 cm³/mol. The maximum Gasteiger partial charge on any atom is 0.406 e. The number of methoxy groups -OCH3 is 1. The number of aromatic nitrogens is 4. The topological polar surface area (TPSA) is 102 Å². The SMILES string of the molecule is COCC(C)(C)n1ccc(C(=O)NCc2nc(-c3cc4c(N[C@H]5CN(C)CC[C@H]5F)cccc4n3CC(F)(F)F)no2)c1. The molecule has 2 atom stereocenters. The number of anilines is 1. The van der Waals surface area contributed by atoms with Crippen molar-refractivity contribution in [2.45, 2.75) is 57.3 Å². The molecule has 1 amide bonds. The van der Waals surface area contributed by atoms with E-state index >= 15 is 0 Å². The number of carbonyl (C=O) groups is 1. The Labute approximate surface area is 246 Å². The first kappa shape index (κ1) is 30.5. The highest BCUT2D eigenvalue weighted by atomic mass is 19.4. The highest BCUT2D eigenvalue weighted by molar-refractivity contribution is 5.96. The van der Waals surface area contributed by atoms with Crippen molar-refractivity contribution in [1.29, 1.82) is 0 Å². The minimum absolute atomic E-state index is 0.0233. The molecule has 4 aromatic rings. The third-order valence-corrected chi connectivity index (χ3v) is 7.60. The number of hydrogen-bond donors (Lipinski definition) is 2. The van der Waals surface area contributed by atoms with Crippen LogP contribution < -0.4 is 10.6 Å². The second-order valence-corrected chi connectivity index (χ2v) is 11.5. The molecule has 1 aliphatic heterocycles. The van der Waals surface area contributed by atoms with Gasteiger partial charge in [0.25, 0.3) is 5.91 Å². The Morgan fingerprint density at radius 3 is 2.77 bits per heavy atom. The Bertz CT molecular complexity index is 1580. The predicted octanol–water partition coefficient (Wildman–Crippen LogP) is 4.82. The number of nitrogens with one attached hydrogen (secondary N) is 2. The van der Waals surface area contributed by atoms with E-state index in [9.17, 15) is 22.4 Å². The highest BCUT2D eigenvalue weighted by Gasteiger charge is 2.32. The van der Waals surface area contributed by atoms with E-state index < -0.39 is 24.9 Å². The zero-order valence-electron chi connectivity index (χ0n) is 24.4. The molecule has 4 heterocycles. The van der Waals surface area contributed by atoms with E-state index in [1.54, 1.807) is 49.8 Å². The van der Waals surface area contributed by atoms with E-state index in [4.69, 9.17) is 9.26 Å². The molecular weight excluding hydrogens is 570 g/mol. The number of fused-ring (bicyclic) bond motifs is 1. The van der Waals surface area contributed by atoms with Gasteiger partial charge in [-0.05, 0) is 51.6 Å². The van der Waals surface area contributed by atoms with Gasteiger partial charge in [0, 0.05) is 43.7 Å². The molecule has 0 aliphatic carbocycles. The lowest BCUT2D eigenvalue weighted by molar-refractivity contribution is -0.139. The zero-order chi connectivity index (χ0) is 30.9. The molecular formula is C29H35F4N7O3. The van der Waals surface area contributed by atoms with Crippen molar-refractivity contribution in [1.82, 2.24) is 29.5 Å². The fourth-order valence-corrected chi connectivity index (χ4v) is 5.39. The van der Waals surface area contributed by atoms with Gasteiger partial charge in [0.05, 0.1) is 41.5 Å². The van der Waals surface area contributed by atoms with Crippen LogP contribution in [0.5, 0.6) is 0 Å². The number of ether oxygens (including phenoxy) is 1. The Kier molecular flexibility index (Phi) is 8.52. The summed E-state index contributed by atoms with van der Waals surface area (Å²) in [5.74, 6) is -0.424. The van der Waals surface area contributed by atoms with Crippen molar-refractivity contribution in [3.8, 4) is 11.5 Å². The average molecular weight is 606 g/mol. The van der Waals surface area contributed by atoms with Gasteiger partial charge in [0.15, 0.2) is 0 Å². The van der Waals surface area contributed by atoms with Crippen LogP contribution in [0.4, 0.5) is 23.2 Å². The molecule has 10 nitrogen and oxygen atoms in total. The number of hydrogen-bond acceptors (Lipinski definition) is 7. The number of carbonyl (C=O) groups excluding carboxylic acids is 1. The number of halogens is 4. The fourth-order valence-electron chi connectivity index (χ4n) is 5.39. The summed E-state index contributed by atoms with van der Waals surface area (Å²) in [6, 6.07) is 7.61. The number of alkyl halides is 4. The summed E-state index contributed by atoms with van der Waals surface area (Å²) in [5.41, 5.74) is 0.933. The van der Waals surface area contributed by atoms with Crippen LogP contribution in [0.25, 0.3) is 22.4 Å². The van der Waals surface area contributed by atoms with Crippen molar-refractivity contribution in [3.05, 3.63) is 54.2 Å². The third-order valence-electron chi connectivity index (χ3n) is 7.60. The lowest BCUT2D eigenvalue weighted by atomic mass is 10.0. The third kappa shape index (κ3) is 6.85. The second-order valence-electron chi connectivity index (χ2n) is 11.5. The standard InChI is InChI=1S/C29H35F4N7O3/c1-28(2,17-42-4)39-11-8-18(14-39)27(41)34-13-25-36-26(37-43-25)24-12-19-21(35-22-15-38(3)10-9-20(22)30)6-5-7-23(19)40(24)16-29(31,32)33/h5-8,11-12,14,20,22,35H,9-10,13,15-17H2,1-4H3,(H,34,41)/t20-,22+/m1/s1. The number of amides is 1. The van der Waals surface area contributed by atoms with Gasteiger partial charge in [-0.1, -0.05) is 11.2 Å². The van der Waals surface area contributed by atoms with Crippen molar-refractivity contribution < 1.29 is 31.6 Å². The molecule has 0 bridgehead atoms. The van der Waals surface area contributed by atoms with Crippen LogP contribution >= 0.6 is 0 Å². The average Bonchev–Trinajstić information content (AvgIpc) is 3.68. The van der Waals surface area contributed by atoms with E-state index in [0.29, 0.717) is 42.8 Å². The Hall–Kier alpha value is -3.91. The lowest BCUT2D eigenvalue weighted by Crippen LogP contribution is -2.47. The van der Waals surface area contributed by atoms with Crippen LogP contribution in [-0.4, -0.2) is 82.3 Å². The van der Waals surface area contributed by atoms with Crippen LogP contribution in [0.3, 0.4) is 0 Å². The number of rotatable bonds is 10. The van der Waals surface area contributed by atoms with E-state index in [1.165, 1.54) is 0 Å². The van der Waals surface area contributed by atoms with Crippen LogP contribution in [0.1, 0.15) is 36.5 Å². The molecule has 43 heavy (non-hydrogen) atoms. The number of benzene rings is 1. The molecule has 1 aliphatic rings. The summed E-state index contributed by atoms with van der Waals surface area (Å²) in [5, 5.41) is 10.3. The molecule has 1 saturated heterocycles. The van der Waals surface area contributed by atoms with Crippen LogP contribution in [-0.2, 0) is 23.4 Å². The lowest BCUT2D eigenvalue weighted by Gasteiger charge is -2.33. The monoisotopic (exact) mass is 605 g/mol. The van der Waals surface area contributed by atoms with Crippen molar-refractivity contribution in [2.24, 2.45) is 0 Å². The van der Waals surface area contributed by atoms with Gasteiger partial charge < -0.3 is 33.9 Å². The molecule has 232 valence electrons. The normalized spacial score (nSPS) is 18.3. The number of nitrogens with zero attached hydrogens (tertiary/aromatic N) is 5. The first-order valence-corrected chi connectivity index (χ1v) is 13.9. The summed E-state index contributed by atoms with van der Waals surface area (Å²) in [4.78, 5) is 19.0. The molecule has 0 spiro atoms. The molecule has 14 heteroatoms. The maximum atomic E-state index is 14.7. The van der Waals surface area contributed by atoms with Gasteiger partial charge in [-0.2, -0.15) is 18.2 Å². The largest absolute Gasteiger partial charge is 0.406 e. The molecule has 1 fully saturated rings. The van der Waals surface area contributed by atoms with Crippen LogP contribution in [0, 0.1) is 0 Å². The minimum atomic E-state index is -4.53. The molecule has 0 unspecified atom stereocenters. The summed E-state index contributed by atoms with van der Waals surface area (Å²) >= 11 is 0. The van der Waals surface area contributed by atoms with E-state index in [-0.39, 0.29) is 40.9 Å². The summed E-state index contributed by atoms with van der Waals surface area (Å²) < 4.78 is 69.2. The first-order chi connectivity index (χ1) is 20.3. The molecule has 0 saturated carbocycles. The Morgan fingerprint density at radius 2 is 2.02 bits per heavy atom. The molecule has 3 aromatic heterocycles. The summed E-state index contributed by atoms with van der Waals surface area (Å²) in [7, 11) is 3.50.